The third kappa shape index (κ3) is 3.84. The van der Waals surface area contributed by atoms with Crippen LogP contribution in [-0.4, -0.2) is 12.0 Å². The van der Waals surface area contributed by atoms with E-state index >= 15 is 0 Å². The van der Waals surface area contributed by atoms with E-state index in [1.807, 2.05) is 31.2 Å². The lowest BCUT2D eigenvalue weighted by Gasteiger charge is -2.16. The van der Waals surface area contributed by atoms with Crippen LogP contribution in [-0.2, 0) is 0 Å². The maximum atomic E-state index is 11.0. The second-order valence-electron chi connectivity index (χ2n) is 4.56. The molecule has 2 aromatic carbocycles. The molecule has 2 aromatic rings. The van der Waals surface area contributed by atoms with E-state index in [0.717, 1.165) is 5.56 Å². The number of rotatable bonds is 5. The number of hydrogen-bond donors (Lipinski definition) is 1. The maximum Gasteiger partial charge on any atom is 0.312 e. The van der Waals surface area contributed by atoms with Gasteiger partial charge in [0.2, 0.25) is 0 Å². The van der Waals surface area contributed by atoms with Crippen LogP contribution >= 0.6 is 22.6 Å². The Morgan fingerprint density at radius 1 is 1.24 bits per heavy atom. The molecule has 5 nitrogen and oxygen atoms in total. The van der Waals surface area contributed by atoms with E-state index in [9.17, 15) is 10.1 Å². The predicted octanol–water partition coefficient (Wildman–Crippen LogP) is 4.38. The molecule has 21 heavy (non-hydrogen) atoms. The van der Waals surface area contributed by atoms with Gasteiger partial charge in [-0.3, -0.25) is 10.1 Å². The fraction of sp³-hybridized carbons (Fsp3) is 0.200. The highest BCUT2D eigenvalue weighted by Gasteiger charge is 2.16. The summed E-state index contributed by atoms with van der Waals surface area (Å²) >= 11 is 2.25. The number of halogens is 1. The van der Waals surface area contributed by atoms with E-state index in [1.54, 1.807) is 12.1 Å². The summed E-state index contributed by atoms with van der Waals surface area (Å²) < 4.78 is 6.16. The molecule has 0 fully saturated rings. The van der Waals surface area contributed by atoms with Gasteiger partial charge < -0.3 is 10.1 Å². The molecule has 0 aliphatic carbocycles. The second kappa shape index (κ2) is 6.75. The van der Waals surface area contributed by atoms with Crippen molar-refractivity contribution in [2.24, 2.45) is 0 Å². The summed E-state index contributed by atoms with van der Waals surface area (Å²) in [5.41, 5.74) is 1.76. The number of nitro groups is 1. The van der Waals surface area contributed by atoms with Crippen molar-refractivity contribution in [3.05, 3.63) is 61.7 Å². The van der Waals surface area contributed by atoms with Crippen LogP contribution in [0.3, 0.4) is 0 Å². The molecule has 1 atom stereocenters. The van der Waals surface area contributed by atoms with Crippen molar-refractivity contribution in [3.63, 3.8) is 0 Å². The summed E-state index contributed by atoms with van der Waals surface area (Å²) in [6.45, 7) is 2.01. The van der Waals surface area contributed by atoms with E-state index < -0.39 is 4.92 Å². The lowest BCUT2D eigenvalue weighted by atomic mass is 10.1. The molecule has 0 aliphatic rings. The highest BCUT2D eigenvalue weighted by atomic mass is 127. The Morgan fingerprint density at radius 3 is 2.48 bits per heavy atom. The van der Waals surface area contributed by atoms with Gasteiger partial charge in [-0.15, -0.1) is 0 Å². The van der Waals surface area contributed by atoms with Gasteiger partial charge in [-0.25, -0.2) is 0 Å². The minimum Gasteiger partial charge on any atom is -0.490 e. The van der Waals surface area contributed by atoms with Gasteiger partial charge in [0.05, 0.1) is 12.0 Å². The SMILES string of the molecule is COc1ccc(NC(C)c2ccc(I)cc2)cc1[N+](=O)[O-]. The van der Waals surface area contributed by atoms with Crippen LogP contribution in [0.5, 0.6) is 5.75 Å². The molecule has 0 aromatic heterocycles. The molecular formula is C15H15IN2O3. The van der Waals surface area contributed by atoms with Gasteiger partial charge in [-0.2, -0.15) is 0 Å². The molecule has 0 bridgehead atoms. The largest absolute Gasteiger partial charge is 0.490 e. The van der Waals surface area contributed by atoms with Crippen LogP contribution in [0.25, 0.3) is 0 Å². The Kier molecular flexibility index (Phi) is 5.00. The van der Waals surface area contributed by atoms with Crippen molar-refractivity contribution in [2.45, 2.75) is 13.0 Å². The zero-order valence-electron chi connectivity index (χ0n) is 11.7. The normalized spacial score (nSPS) is 11.8. The topological polar surface area (TPSA) is 64.4 Å². The van der Waals surface area contributed by atoms with Crippen molar-refractivity contribution in [3.8, 4) is 5.75 Å². The number of benzene rings is 2. The minimum atomic E-state index is -0.445. The summed E-state index contributed by atoms with van der Waals surface area (Å²) in [6.07, 6.45) is 0. The van der Waals surface area contributed by atoms with Crippen LogP contribution in [0.2, 0.25) is 0 Å². The lowest BCUT2D eigenvalue weighted by molar-refractivity contribution is -0.385. The van der Waals surface area contributed by atoms with Crippen LogP contribution in [0.4, 0.5) is 11.4 Å². The Hall–Kier alpha value is -1.83. The monoisotopic (exact) mass is 398 g/mol. The first-order valence-corrected chi connectivity index (χ1v) is 7.43. The maximum absolute atomic E-state index is 11.0. The molecule has 0 heterocycles. The Balaban J connectivity index is 2.21. The highest BCUT2D eigenvalue weighted by molar-refractivity contribution is 14.1. The Morgan fingerprint density at radius 2 is 1.90 bits per heavy atom. The first-order chi connectivity index (χ1) is 10.0. The molecule has 0 spiro atoms. The van der Waals surface area contributed by atoms with E-state index in [2.05, 4.69) is 27.9 Å². The summed E-state index contributed by atoms with van der Waals surface area (Å²) in [5.74, 6) is 0.257. The zero-order chi connectivity index (χ0) is 15.4. The number of ether oxygens (including phenoxy) is 1. The van der Waals surface area contributed by atoms with Crippen molar-refractivity contribution in [1.29, 1.82) is 0 Å². The van der Waals surface area contributed by atoms with Crippen LogP contribution < -0.4 is 10.1 Å². The van der Waals surface area contributed by atoms with Gasteiger partial charge in [-0.05, 0) is 59.3 Å². The number of anilines is 1. The molecule has 1 N–H and O–H groups in total. The summed E-state index contributed by atoms with van der Waals surface area (Å²) in [7, 11) is 1.42. The molecule has 2 rings (SSSR count). The molecule has 0 amide bonds. The first kappa shape index (κ1) is 15.6. The third-order valence-corrected chi connectivity index (χ3v) is 3.85. The van der Waals surface area contributed by atoms with Gasteiger partial charge in [0, 0.05) is 21.4 Å². The van der Waals surface area contributed by atoms with Crippen molar-refractivity contribution in [1.82, 2.24) is 0 Å². The fourth-order valence-corrected chi connectivity index (χ4v) is 2.37. The Labute approximate surface area is 136 Å². The van der Waals surface area contributed by atoms with Crippen molar-refractivity contribution in [2.75, 3.05) is 12.4 Å². The van der Waals surface area contributed by atoms with E-state index in [0.29, 0.717) is 5.69 Å². The van der Waals surface area contributed by atoms with Gasteiger partial charge in [0.25, 0.3) is 0 Å². The number of nitrogens with one attached hydrogen (secondary N) is 1. The third-order valence-electron chi connectivity index (χ3n) is 3.13. The predicted molar refractivity (Wildman–Crippen MR) is 90.8 cm³/mol. The number of nitrogens with zero attached hydrogens (tertiary/aromatic N) is 1. The highest BCUT2D eigenvalue weighted by Crippen LogP contribution is 2.31. The second-order valence-corrected chi connectivity index (χ2v) is 5.81. The quantitative estimate of drug-likeness (QED) is 0.461. The van der Waals surface area contributed by atoms with Crippen LogP contribution in [0.1, 0.15) is 18.5 Å². The molecule has 1 unspecified atom stereocenters. The standard InChI is InChI=1S/C15H15IN2O3/c1-10(11-3-5-12(16)6-4-11)17-13-7-8-15(21-2)14(9-13)18(19)20/h3-10,17H,1-2H3. The lowest BCUT2D eigenvalue weighted by Crippen LogP contribution is -2.07. The molecule has 0 saturated carbocycles. The smallest absolute Gasteiger partial charge is 0.312 e. The Bertz CT molecular complexity index is 644. The molecule has 0 aliphatic heterocycles. The molecule has 110 valence electrons. The number of hydrogen-bond acceptors (Lipinski definition) is 4. The summed E-state index contributed by atoms with van der Waals surface area (Å²) in [5, 5.41) is 14.3. The fourth-order valence-electron chi connectivity index (χ4n) is 2.01. The number of nitro benzene ring substituents is 1. The average molecular weight is 398 g/mol. The minimum absolute atomic E-state index is 0.0442. The van der Waals surface area contributed by atoms with Crippen molar-refractivity contribution < 1.29 is 9.66 Å². The van der Waals surface area contributed by atoms with Crippen molar-refractivity contribution >= 4 is 34.0 Å². The van der Waals surface area contributed by atoms with Crippen LogP contribution in [0, 0.1) is 13.7 Å². The molecular weight excluding hydrogens is 383 g/mol. The first-order valence-electron chi connectivity index (χ1n) is 6.35. The average Bonchev–Trinajstić information content (AvgIpc) is 2.47. The number of methoxy groups -OCH3 is 1. The van der Waals surface area contributed by atoms with Gasteiger partial charge in [0.1, 0.15) is 0 Å². The van der Waals surface area contributed by atoms with E-state index in [-0.39, 0.29) is 17.5 Å². The molecule has 6 heteroatoms. The van der Waals surface area contributed by atoms with Gasteiger partial charge in [-0.1, -0.05) is 12.1 Å². The van der Waals surface area contributed by atoms with E-state index in [4.69, 9.17) is 4.74 Å². The molecule has 0 saturated heterocycles. The molecule has 0 radical (unpaired) electrons. The van der Waals surface area contributed by atoms with Gasteiger partial charge in [0.15, 0.2) is 5.75 Å². The summed E-state index contributed by atoms with van der Waals surface area (Å²) in [4.78, 5) is 10.6. The van der Waals surface area contributed by atoms with Crippen LogP contribution in [0.15, 0.2) is 42.5 Å². The van der Waals surface area contributed by atoms with Gasteiger partial charge >= 0.3 is 5.69 Å². The van der Waals surface area contributed by atoms with E-state index in [1.165, 1.54) is 16.7 Å². The summed E-state index contributed by atoms with van der Waals surface area (Å²) in [6, 6.07) is 13.1. The zero-order valence-corrected chi connectivity index (χ0v) is 13.8.